The molecule has 2 aromatic heterocycles. The maximum absolute atomic E-state index is 12.9. The second kappa shape index (κ2) is 7.86. The molecule has 27 heavy (non-hydrogen) atoms. The lowest BCUT2D eigenvalue weighted by molar-refractivity contribution is -0.116. The van der Waals surface area contributed by atoms with Crippen molar-refractivity contribution in [2.24, 2.45) is 7.05 Å². The molecule has 0 spiro atoms. The molecule has 0 radical (unpaired) electrons. The topological polar surface area (TPSA) is 55.2 Å². The normalized spacial score (nSPS) is 11.3. The lowest BCUT2D eigenvalue weighted by Gasteiger charge is -2.26. The van der Waals surface area contributed by atoms with E-state index in [0.717, 1.165) is 21.0 Å². The smallest absolute Gasteiger partial charge is 0.262 e. The molecule has 3 rings (SSSR count). The number of thiophene rings is 1. The third-order valence-corrected chi connectivity index (χ3v) is 6.63. The van der Waals surface area contributed by atoms with Gasteiger partial charge in [-0.3, -0.25) is 14.2 Å². The van der Waals surface area contributed by atoms with Gasteiger partial charge in [0.05, 0.1) is 11.1 Å². The van der Waals surface area contributed by atoms with E-state index in [-0.39, 0.29) is 23.3 Å². The molecular weight excluding hydrogens is 378 g/mol. The van der Waals surface area contributed by atoms with Crippen molar-refractivity contribution in [3.8, 4) is 0 Å². The van der Waals surface area contributed by atoms with Crippen LogP contribution in [-0.4, -0.2) is 27.3 Å². The zero-order valence-corrected chi connectivity index (χ0v) is 17.8. The molecule has 0 atom stereocenters. The Morgan fingerprint density at radius 3 is 2.56 bits per heavy atom. The van der Waals surface area contributed by atoms with Crippen LogP contribution in [0.3, 0.4) is 0 Å². The van der Waals surface area contributed by atoms with Crippen molar-refractivity contribution in [3.05, 3.63) is 51.1 Å². The first kappa shape index (κ1) is 19.6. The largest absolute Gasteiger partial charge is 0.309 e. The van der Waals surface area contributed by atoms with Gasteiger partial charge in [-0.25, -0.2) is 4.98 Å². The number of carbonyl (C=O) groups is 1. The Balaban J connectivity index is 1.86. The number of para-hydroxylation sites is 1. The molecule has 0 aliphatic heterocycles. The van der Waals surface area contributed by atoms with E-state index in [2.05, 4.69) is 4.98 Å². The summed E-state index contributed by atoms with van der Waals surface area (Å²) >= 11 is 2.83. The number of rotatable bonds is 5. The van der Waals surface area contributed by atoms with Gasteiger partial charge in [0.15, 0.2) is 5.16 Å². The molecular formula is C20H23N3O2S2. The summed E-state index contributed by atoms with van der Waals surface area (Å²) in [6.45, 7) is 7.94. The molecule has 0 aliphatic rings. The van der Waals surface area contributed by atoms with Gasteiger partial charge in [-0.1, -0.05) is 30.0 Å². The fourth-order valence-electron chi connectivity index (χ4n) is 3.00. The first-order valence-corrected chi connectivity index (χ1v) is 10.6. The number of amides is 1. The fourth-order valence-corrected chi connectivity index (χ4v) is 4.90. The summed E-state index contributed by atoms with van der Waals surface area (Å²) in [5.74, 6) is 0.219. The number of carbonyl (C=O) groups excluding carboxylic acids is 1. The van der Waals surface area contributed by atoms with Crippen molar-refractivity contribution in [2.75, 3.05) is 10.7 Å². The maximum Gasteiger partial charge on any atom is 0.262 e. The van der Waals surface area contributed by atoms with Crippen LogP contribution < -0.4 is 10.5 Å². The van der Waals surface area contributed by atoms with Crippen LogP contribution in [-0.2, 0) is 11.8 Å². The van der Waals surface area contributed by atoms with E-state index < -0.39 is 0 Å². The number of nitrogens with zero attached hydrogens (tertiary/aromatic N) is 3. The highest BCUT2D eigenvalue weighted by molar-refractivity contribution is 7.99. The average molecular weight is 402 g/mol. The first-order chi connectivity index (χ1) is 12.8. The molecule has 0 saturated carbocycles. The second-order valence-electron chi connectivity index (χ2n) is 6.70. The summed E-state index contributed by atoms with van der Waals surface area (Å²) in [6, 6.07) is 9.68. The van der Waals surface area contributed by atoms with E-state index in [0.29, 0.717) is 10.5 Å². The average Bonchev–Trinajstić information content (AvgIpc) is 2.92. The molecule has 0 unspecified atom stereocenters. The maximum atomic E-state index is 12.9. The monoisotopic (exact) mass is 401 g/mol. The molecule has 0 aliphatic carbocycles. The minimum Gasteiger partial charge on any atom is -0.309 e. The summed E-state index contributed by atoms with van der Waals surface area (Å²) in [5, 5.41) is 1.25. The molecule has 0 fully saturated rings. The Bertz CT molecular complexity index is 1040. The number of hydrogen-bond donors (Lipinski definition) is 0. The van der Waals surface area contributed by atoms with Crippen LogP contribution in [0.5, 0.6) is 0 Å². The van der Waals surface area contributed by atoms with Crippen LogP contribution >= 0.6 is 23.1 Å². The number of aryl methyl sites for hydroxylation is 2. The van der Waals surface area contributed by atoms with E-state index in [1.807, 2.05) is 58.0 Å². The predicted molar refractivity (Wildman–Crippen MR) is 114 cm³/mol. The van der Waals surface area contributed by atoms with Crippen molar-refractivity contribution in [3.63, 3.8) is 0 Å². The van der Waals surface area contributed by atoms with Gasteiger partial charge in [0.1, 0.15) is 4.83 Å². The van der Waals surface area contributed by atoms with Gasteiger partial charge in [-0.2, -0.15) is 0 Å². The number of anilines is 1. The highest BCUT2D eigenvalue weighted by Crippen LogP contribution is 2.28. The van der Waals surface area contributed by atoms with E-state index in [1.165, 1.54) is 23.1 Å². The molecule has 0 N–H and O–H groups in total. The molecule has 3 aromatic rings. The summed E-state index contributed by atoms with van der Waals surface area (Å²) in [6.07, 6.45) is 0. The van der Waals surface area contributed by atoms with E-state index >= 15 is 0 Å². The molecule has 0 bridgehead atoms. The van der Waals surface area contributed by atoms with Crippen LogP contribution in [0.1, 0.15) is 24.3 Å². The number of fused-ring (bicyclic) bond motifs is 1. The predicted octanol–water partition coefficient (Wildman–Crippen LogP) is 4.15. The van der Waals surface area contributed by atoms with Gasteiger partial charge in [0, 0.05) is 23.7 Å². The Morgan fingerprint density at radius 1 is 1.26 bits per heavy atom. The van der Waals surface area contributed by atoms with E-state index in [9.17, 15) is 9.59 Å². The molecule has 1 aromatic carbocycles. The second-order valence-corrected chi connectivity index (χ2v) is 8.85. The Morgan fingerprint density at radius 2 is 1.93 bits per heavy atom. The summed E-state index contributed by atoms with van der Waals surface area (Å²) in [4.78, 5) is 33.8. The van der Waals surface area contributed by atoms with Crippen molar-refractivity contribution >= 4 is 44.9 Å². The molecule has 142 valence electrons. The zero-order chi connectivity index (χ0) is 19.7. The van der Waals surface area contributed by atoms with Gasteiger partial charge in [-0.05, 0) is 45.4 Å². The fraction of sp³-hybridized carbons (Fsp3) is 0.350. The van der Waals surface area contributed by atoms with Crippen LogP contribution in [0.25, 0.3) is 10.2 Å². The lowest BCUT2D eigenvalue weighted by Crippen LogP contribution is -2.38. The van der Waals surface area contributed by atoms with E-state index in [4.69, 9.17) is 0 Å². The van der Waals surface area contributed by atoms with Crippen LogP contribution in [0.2, 0.25) is 0 Å². The van der Waals surface area contributed by atoms with Gasteiger partial charge < -0.3 is 4.90 Å². The molecule has 0 saturated heterocycles. The summed E-state index contributed by atoms with van der Waals surface area (Å²) in [7, 11) is 1.71. The number of benzene rings is 1. The number of thioether (sulfide) groups is 1. The first-order valence-electron chi connectivity index (χ1n) is 8.78. The number of hydrogen-bond acceptors (Lipinski definition) is 5. The molecule has 5 nitrogen and oxygen atoms in total. The Kier molecular flexibility index (Phi) is 5.72. The third kappa shape index (κ3) is 3.80. The third-order valence-electron chi connectivity index (χ3n) is 4.51. The minimum absolute atomic E-state index is 0.00548. The van der Waals surface area contributed by atoms with Gasteiger partial charge in [0.25, 0.3) is 5.56 Å². The van der Waals surface area contributed by atoms with Gasteiger partial charge >= 0.3 is 0 Å². The van der Waals surface area contributed by atoms with Gasteiger partial charge in [0.2, 0.25) is 5.91 Å². The van der Waals surface area contributed by atoms with Crippen LogP contribution in [0, 0.1) is 13.8 Å². The van der Waals surface area contributed by atoms with E-state index in [1.54, 1.807) is 16.5 Å². The minimum atomic E-state index is -0.0550. The molecule has 7 heteroatoms. The highest BCUT2D eigenvalue weighted by atomic mass is 32.2. The Hall–Kier alpha value is -2.12. The van der Waals surface area contributed by atoms with Crippen LogP contribution in [0.4, 0.5) is 5.69 Å². The van der Waals surface area contributed by atoms with Crippen molar-refractivity contribution in [2.45, 2.75) is 38.9 Å². The number of aromatic nitrogens is 2. The standard InChI is InChI=1S/C20H23N3O2S2/c1-12(2)23(15-9-7-6-8-10-15)16(24)11-26-20-21-18-17(19(25)22(20)5)13(3)14(4)27-18/h6-10,12H,11H2,1-5H3. The van der Waals surface area contributed by atoms with Crippen molar-refractivity contribution in [1.82, 2.24) is 9.55 Å². The summed E-state index contributed by atoms with van der Waals surface area (Å²) in [5.41, 5.74) is 1.81. The van der Waals surface area contributed by atoms with Gasteiger partial charge in [-0.15, -0.1) is 11.3 Å². The quantitative estimate of drug-likeness (QED) is 0.476. The summed E-state index contributed by atoms with van der Waals surface area (Å²) < 4.78 is 1.54. The highest BCUT2D eigenvalue weighted by Gasteiger charge is 2.21. The lowest BCUT2D eigenvalue weighted by atomic mass is 10.2. The SMILES string of the molecule is Cc1sc2nc(SCC(=O)N(c3ccccc3)C(C)C)n(C)c(=O)c2c1C. The van der Waals surface area contributed by atoms with Crippen molar-refractivity contribution in [1.29, 1.82) is 0 Å². The van der Waals surface area contributed by atoms with Crippen molar-refractivity contribution < 1.29 is 4.79 Å². The Labute approximate surface area is 167 Å². The molecule has 1 amide bonds. The zero-order valence-electron chi connectivity index (χ0n) is 16.1. The van der Waals surface area contributed by atoms with Crippen LogP contribution in [0.15, 0.2) is 40.3 Å². The molecule has 2 heterocycles.